The van der Waals surface area contributed by atoms with Crippen LogP contribution in [0.4, 0.5) is 0 Å². The third-order valence-electron chi connectivity index (χ3n) is 5.78. The van der Waals surface area contributed by atoms with Crippen molar-refractivity contribution in [2.24, 2.45) is 0 Å². The Bertz CT molecular complexity index is 992. The van der Waals surface area contributed by atoms with Gasteiger partial charge in [-0.05, 0) is 24.1 Å². The molecule has 2 aromatic heterocycles. The van der Waals surface area contributed by atoms with Gasteiger partial charge in [-0.25, -0.2) is 0 Å². The summed E-state index contributed by atoms with van der Waals surface area (Å²) in [5.41, 5.74) is 2.41. The minimum atomic E-state index is -0.475. The van der Waals surface area contributed by atoms with Gasteiger partial charge in [-0.15, -0.1) is 0 Å². The maximum Gasteiger partial charge on any atom is 0.246 e. The topological polar surface area (TPSA) is 80.5 Å². The zero-order chi connectivity index (χ0) is 19.7. The molecule has 0 aliphatic carbocycles. The molecule has 0 bridgehead atoms. The van der Waals surface area contributed by atoms with E-state index in [9.17, 15) is 4.79 Å². The monoisotopic (exact) mass is 390 g/mol. The summed E-state index contributed by atoms with van der Waals surface area (Å²) in [4.78, 5) is 18.5. The maximum atomic E-state index is 12.1. The highest BCUT2D eigenvalue weighted by Crippen LogP contribution is 2.37. The molecule has 2 saturated heterocycles. The van der Waals surface area contributed by atoms with E-state index in [1.807, 2.05) is 36.4 Å². The number of benzene rings is 1. The second kappa shape index (κ2) is 7.42. The van der Waals surface area contributed by atoms with Crippen molar-refractivity contribution >= 4 is 5.91 Å². The van der Waals surface area contributed by atoms with Gasteiger partial charge in [-0.3, -0.25) is 14.7 Å². The molecule has 0 spiro atoms. The van der Waals surface area contributed by atoms with Crippen molar-refractivity contribution in [2.75, 3.05) is 19.7 Å². The third kappa shape index (κ3) is 3.43. The summed E-state index contributed by atoms with van der Waals surface area (Å²) in [7, 11) is 0. The molecule has 1 N–H and O–H groups in total. The Kier molecular flexibility index (Phi) is 4.61. The predicted octanol–water partition coefficient (Wildman–Crippen LogP) is 2.35. The fraction of sp³-hybridized carbons (Fsp3) is 0.318. The molecule has 1 amide bonds. The number of ether oxygens (including phenoxy) is 1. The minimum Gasteiger partial charge on any atom is -0.364 e. The highest BCUT2D eigenvalue weighted by Gasteiger charge is 2.49. The Morgan fingerprint density at radius 3 is 2.83 bits per heavy atom. The maximum absolute atomic E-state index is 12.1. The van der Waals surface area contributed by atoms with Crippen LogP contribution in [0.2, 0.25) is 0 Å². The number of hydrogen-bond donors (Lipinski definition) is 1. The van der Waals surface area contributed by atoms with Crippen LogP contribution < -0.4 is 5.32 Å². The first-order chi connectivity index (χ1) is 14.2. The van der Waals surface area contributed by atoms with E-state index < -0.39 is 5.54 Å². The van der Waals surface area contributed by atoms with Crippen molar-refractivity contribution in [1.82, 2.24) is 20.4 Å². The highest BCUT2D eigenvalue weighted by molar-refractivity contribution is 5.79. The van der Waals surface area contributed by atoms with Crippen molar-refractivity contribution in [3.63, 3.8) is 0 Å². The molecular formula is C22H22N4O3. The summed E-state index contributed by atoms with van der Waals surface area (Å²) in [6, 6.07) is 15.9. The first-order valence-corrected chi connectivity index (χ1v) is 9.79. The molecule has 2 aliphatic rings. The first-order valence-electron chi connectivity index (χ1n) is 9.79. The van der Waals surface area contributed by atoms with Gasteiger partial charge in [0.25, 0.3) is 0 Å². The summed E-state index contributed by atoms with van der Waals surface area (Å²) in [6.07, 6.45) is 4.15. The summed E-state index contributed by atoms with van der Waals surface area (Å²) in [6.45, 7) is 2.28. The van der Waals surface area contributed by atoms with Gasteiger partial charge in [0.2, 0.25) is 5.91 Å². The lowest BCUT2D eigenvalue weighted by molar-refractivity contribution is -0.153. The molecule has 7 nitrogen and oxygen atoms in total. The third-order valence-corrected chi connectivity index (χ3v) is 5.78. The van der Waals surface area contributed by atoms with Gasteiger partial charge in [-0.2, -0.15) is 0 Å². The van der Waals surface area contributed by atoms with E-state index in [0.29, 0.717) is 13.1 Å². The Morgan fingerprint density at radius 1 is 1.17 bits per heavy atom. The molecule has 3 aromatic rings. The van der Waals surface area contributed by atoms with E-state index in [4.69, 9.17) is 9.26 Å². The molecule has 29 heavy (non-hydrogen) atoms. The fourth-order valence-electron chi connectivity index (χ4n) is 4.32. The Labute approximate surface area is 168 Å². The van der Waals surface area contributed by atoms with Gasteiger partial charge >= 0.3 is 0 Å². The van der Waals surface area contributed by atoms with E-state index in [1.54, 1.807) is 12.4 Å². The standard InChI is InChI=1S/C22H22N4O3/c27-21-15-28-20-14-26(11-8-22(20,24-21)17-4-2-1-3-5-17)13-18-12-19(25-29-18)16-6-9-23-10-7-16/h1-7,9-10,12,20H,8,11,13-15H2,(H,24,27)/t20-,22+/m0/s1. The number of likely N-dealkylation sites (tertiary alicyclic amines) is 1. The number of pyridine rings is 1. The largest absolute Gasteiger partial charge is 0.364 e. The molecule has 1 aromatic carbocycles. The van der Waals surface area contributed by atoms with Crippen molar-refractivity contribution < 1.29 is 14.1 Å². The Hall–Kier alpha value is -3.03. The van der Waals surface area contributed by atoms with Crippen LogP contribution in [0.1, 0.15) is 17.7 Å². The molecule has 148 valence electrons. The summed E-state index contributed by atoms with van der Waals surface area (Å²) >= 11 is 0. The van der Waals surface area contributed by atoms with E-state index in [0.717, 1.165) is 35.5 Å². The predicted molar refractivity (Wildman–Crippen MR) is 106 cm³/mol. The summed E-state index contributed by atoms with van der Waals surface area (Å²) in [5, 5.41) is 7.41. The number of nitrogens with one attached hydrogen (secondary N) is 1. The number of piperidine rings is 1. The lowest BCUT2D eigenvalue weighted by Gasteiger charge is -2.50. The molecular weight excluding hydrogens is 368 g/mol. The zero-order valence-corrected chi connectivity index (χ0v) is 16.0. The van der Waals surface area contributed by atoms with E-state index in [2.05, 4.69) is 32.5 Å². The number of carbonyl (C=O) groups is 1. The number of rotatable bonds is 4. The Balaban J connectivity index is 1.33. The van der Waals surface area contributed by atoms with Crippen LogP contribution >= 0.6 is 0 Å². The molecule has 2 atom stereocenters. The first kappa shape index (κ1) is 18.0. The molecule has 0 unspecified atom stereocenters. The lowest BCUT2D eigenvalue weighted by Crippen LogP contribution is -2.66. The second-order valence-corrected chi connectivity index (χ2v) is 7.58. The summed E-state index contributed by atoms with van der Waals surface area (Å²) in [5.74, 6) is 0.750. The van der Waals surface area contributed by atoms with Gasteiger partial charge in [0, 0.05) is 37.1 Å². The van der Waals surface area contributed by atoms with Gasteiger partial charge in [0.1, 0.15) is 12.3 Å². The van der Waals surface area contributed by atoms with Gasteiger partial charge in [-0.1, -0.05) is 35.5 Å². The second-order valence-electron chi connectivity index (χ2n) is 7.58. The SMILES string of the molecule is O=C1CO[C@H]2CN(Cc3cc(-c4ccncc4)no3)CC[C@]2(c2ccccc2)N1. The van der Waals surface area contributed by atoms with E-state index >= 15 is 0 Å². The fourth-order valence-corrected chi connectivity index (χ4v) is 4.32. The number of carbonyl (C=O) groups excluding carboxylic acids is 1. The van der Waals surface area contributed by atoms with Crippen LogP contribution in [-0.4, -0.2) is 46.7 Å². The Morgan fingerprint density at radius 2 is 2.00 bits per heavy atom. The molecule has 0 saturated carbocycles. The molecule has 2 fully saturated rings. The number of fused-ring (bicyclic) bond motifs is 1. The minimum absolute atomic E-state index is 0.0595. The number of morpholine rings is 1. The zero-order valence-electron chi connectivity index (χ0n) is 16.0. The molecule has 4 heterocycles. The number of hydrogen-bond acceptors (Lipinski definition) is 6. The lowest BCUT2D eigenvalue weighted by atomic mass is 9.77. The van der Waals surface area contributed by atoms with Gasteiger partial charge < -0.3 is 14.6 Å². The normalized spacial score (nSPS) is 24.7. The average molecular weight is 390 g/mol. The van der Waals surface area contributed by atoms with E-state index in [1.165, 1.54) is 0 Å². The van der Waals surface area contributed by atoms with Gasteiger partial charge in [0.15, 0.2) is 5.76 Å². The number of nitrogens with zero attached hydrogens (tertiary/aromatic N) is 3. The van der Waals surface area contributed by atoms with Crippen molar-refractivity contribution in [1.29, 1.82) is 0 Å². The number of amides is 1. The van der Waals surface area contributed by atoms with Gasteiger partial charge in [0.05, 0.1) is 18.2 Å². The molecule has 2 aliphatic heterocycles. The molecule has 7 heteroatoms. The molecule has 5 rings (SSSR count). The van der Waals surface area contributed by atoms with Crippen LogP contribution in [0.15, 0.2) is 65.4 Å². The molecule has 0 radical (unpaired) electrons. The quantitative estimate of drug-likeness (QED) is 0.737. The van der Waals surface area contributed by atoms with Crippen LogP contribution in [0.3, 0.4) is 0 Å². The van der Waals surface area contributed by atoms with E-state index in [-0.39, 0.29) is 18.6 Å². The summed E-state index contributed by atoms with van der Waals surface area (Å²) < 4.78 is 11.5. The van der Waals surface area contributed by atoms with Crippen LogP contribution in [-0.2, 0) is 21.6 Å². The van der Waals surface area contributed by atoms with Crippen molar-refractivity contribution in [2.45, 2.75) is 24.6 Å². The highest BCUT2D eigenvalue weighted by atomic mass is 16.5. The van der Waals surface area contributed by atoms with Crippen molar-refractivity contribution in [3.8, 4) is 11.3 Å². The van der Waals surface area contributed by atoms with Crippen LogP contribution in [0.5, 0.6) is 0 Å². The number of aromatic nitrogens is 2. The average Bonchev–Trinajstić information content (AvgIpc) is 3.24. The van der Waals surface area contributed by atoms with Crippen LogP contribution in [0.25, 0.3) is 11.3 Å². The van der Waals surface area contributed by atoms with Crippen LogP contribution in [0, 0.1) is 0 Å². The van der Waals surface area contributed by atoms with Crippen molar-refractivity contribution in [3.05, 3.63) is 72.2 Å². The smallest absolute Gasteiger partial charge is 0.246 e.